The number of hydrogen-bond acceptors (Lipinski definition) is 2. The second-order valence-electron chi connectivity index (χ2n) is 4.95. The smallest absolute Gasteiger partial charge is 0.251 e. The van der Waals surface area contributed by atoms with Gasteiger partial charge in [0, 0.05) is 18.0 Å². The number of rotatable bonds is 3. The first kappa shape index (κ1) is 14.3. The third-order valence-corrected chi connectivity index (χ3v) is 3.88. The van der Waals surface area contributed by atoms with E-state index >= 15 is 0 Å². The van der Waals surface area contributed by atoms with E-state index in [1.165, 1.54) is 12.1 Å². The molecule has 1 aromatic rings. The summed E-state index contributed by atoms with van der Waals surface area (Å²) in [5.74, 6) is -0.852. The first-order valence-electron chi connectivity index (χ1n) is 6.49. The van der Waals surface area contributed by atoms with Crippen LogP contribution >= 0.6 is 11.6 Å². The van der Waals surface area contributed by atoms with Crippen molar-refractivity contribution in [3.05, 3.63) is 34.6 Å². The number of aliphatic hydroxyl groups is 1. The lowest BCUT2D eigenvalue weighted by molar-refractivity contribution is 0.0663. The lowest BCUT2D eigenvalue weighted by atomic mass is 9.86. The average Bonchev–Trinajstić information content (AvgIpc) is 2.40. The Hall–Kier alpha value is -1.13. The van der Waals surface area contributed by atoms with Gasteiger partial charge in [0.05, 0.1) is 11.1 Å². The molecule has 2 atom stereocenters. The van der Waals surface area contributed by atoms with E-state index in [1.54, 1.807) is 0 Å². The van der Waals surface area contributed by atoms with Crippen molar-refractivity contribution in [1.82, 2.24) is 5.32 Å². The molecule has 0 heterocycles. The molecule has 1 aliphatic rings. The zero-order valence-electron chi connectivity index (χ0n) is 10.5. The zero-order valence-corrected chi connectivity index (χ0v) is 11.3. The van der Waals surface area contributed by atoms with Crippen molar-refractivity contribution in [2.45, 2.75) is 31.8 Å². The van der Waals surface area contributed by atoms with E-state index in [-0.39, 0.29) is 28.5 Å². The molecule has 3 nitrogen and oxygen atoms in total. The molecule has 1 aliphatic carbocycles. The summed E-state index contributed by atoms with van der Waals surface area (Å²) < 4.78 is 13.2. The molecule has 0 spiro atoms. The molecular formula is C14H17ClFNO2. The SMILES string of the molecule is O=C(NCC1CCCCC1O)c1ccc(Cl)c(F)c1. The molecule has 19 heavy (non-hydrogen) atoms. The highest BCUT2D eigenvalue weighted by Gasteiger charge is 2.23. The summed E-state index contributed by atoms with van der Waals surface area (Å²) in [4.78, 5) is 11.9. The number of carbonyl (C=O) groups is 1. The number of hydrogen-bond donors (Lipinski definition) is 2. The van der Waals surface area contributed by atoms with Gasteiger partial charge in [-0.3, -0.25) is 4.79 Å². The van der Waals surface area contributed by atoms with Crippen molar-refractivity contribution in [3.63, 3.8) is 0 Å². The summed E-state index contributed by atoms with van der Waals surface area (Å²) in [6.45, 7) is 0.421. The molecule has 0 bridgehead atoms. The Kier molecular flexibility index (Phi) is 4.77. The van der Waals surface area contributed by atoms with Crippen molar-refractivity contribution in [2.24, 2.45) is 5.92 Å². The van der Waals surface area contributed by atoms with Crippen molar-refractivity contribution < 1.29 is 14.3 Å². The molecule has 2 unspecified atom stereocenters. The zero-order chi connectivity index (χ0) is 13.8. The Labute approximate surface area is 116 Å². The van der Waals surface area contributed by atoms with Crippen LogP contribution in [0.4, 0.5) is 4.39 Å². The van der Waals surface area contributed by atoms with Crippen LogP contribution in [0.5, 0.6) is 0 Å². The fraction of sp³-hybridized carbons (Fsp3) is 0.500. The predicted octanol–water partition coefficient (Wildman–Crippen LogP) is 2.76. The summed E-state index contributed by atoms with van der Waals surface area (Å²) in [5.41, 5.74) is 0.243. The Balaban J connectivity index is 1.91. The fourth-order valence-corrected chi connectivity index (χ4v) is 2.51. The average molecular weight is 286 g/mol. The lowest BCUT2D eigenvalue weighted by Crippen LogP contribution is -2.36. The van der Waals surface area contributed by atoms with Gasteiger partial charge in [0.15, 0.2) is 0 Å². The Morgan fingerprint density at radius 1 is 1.42 bits per heavy atom. The van der Waals surface area contributed by atoms with Crippen LogP contribution in [0.1, 0.15) is 36.0 Å². The molecular weight excluding hydrogens is 269 g/mol. The molecule has 0 aliphatic heterocycles. The van der Waals surface area contributed by atoms with Gasteiger partial charge >= 0.3 is 0 Å². The van der Waals surface area contributed by atoms with Gasteiger partial charge in [0.2, 0.25) is 0 Å². The summed E-state index contributed by atoms with van der Waals surface area (Å²) in [7, 11) is 0. The van der Waals surface area contributed by atoms with Crippen LogP contribution in [0.3, 0.4) is 0 Å². The van der Waals surface area contributed by atoms with Gasteiger partial charge < -0.3 is 10.4 Å². The quantitative estimate of drug-likeness (QED) is 0.897. The van der Waals surface area contributed by atoms with E-state index in [0.717, 1.165) is 31.7 Å². The largest absolute Gasteiger partial charge is 0.393 e. The maximum absolute atomic E-state index is 13.2. The summed E-state index contributed by atoms with van der Waals surface area (Å²) in [5, 5.41) is 12.5. The number of halogens is 2. The van der Waals surface area contributed by atoms with Crippen LogP contribution in [0, 0.1) is 11.7 Å². The topological polar surface area (TPSA) is 49.3 Å². The maximum atomic E-state index is 13.2. The Morgan fingerprint density at radius 3 is 2.84 bits per heavy atom. The van der Waals surface area contributed by atoms with Gasteiger partial charge in [-0.2, -0.15) is 0 Å². The standard InChI is InChI=1S/C14H17ClFNO2/c15-11-6-5-9(7-12(11)16)14(19)17-8-10-3-1-2-4-13(10)18/h5-7,10,13,18H,1-4,8H2,(H,17,19). The lowest BCUT2D eigenvalue weighted by Gasteiger charge is -2.27. The van der Waals surface area contributed by atoms with Gasteiger partial charge in [-0.05, 0) is 31.0 Å². The molecule has 1 amide bonds. The minimum Gasteiger partial charge on any atom is -0.393 e. The Morgan fingerprint density at radius 2 is 2.16 bits per heavy atom. The molecule has 104 valence electrons. The molecule has 0 aromatic heterocycles. The highest BCUT2D eigenvalue weighted by molar-refractivity contribution is 6.30. The van der Waals surface area contributed by atoms with Crippen LogP contribution in [0.2, 0.25) is 5.02 Å². The third kappa shape index (κ3) is 3.67. The van der Waals surface area contributed by atoms with Crippen molar-refractivity contribution in [1.29, 1.82) is 0 Å². The monoisotopic (exact) mass is 285 g/mol. The van der Waals surface area contributed by atoms with Crippen molar-refractivity contribution >= 4 is 17.5 Å². The van der Waals surface area contributed by atoms with E-state index in [2.05, 4.69) is 5.32 Å². The molecule has 1 saturated carbocycles. The second kappa shape index (κ2) is 6.35. The van der Waals surface area contributed by atoms with Gasteiger partial charge in [0.25, 0.3) is 5.91 Å². The number of benzene rings is 1. The van der Waals surface area contributed by atoms with E-state index in [0.29, 0.717) is 6.54 Å². The Bertz CT molecular complexity index is 467. The maximum Gasteiger partial charge on any atom is 0.251 e. The highest BCUT2D eigenvalue weighted by Crippen LogP contribution is 2.23. The van der Waals surface area contributed by atoms with Gasteiger partial charge in [-0.1, -0.05) is 24.4 Å². The van der Waals surface area contributed by atoms with Crippen LogP contribution in [0.15, 0.2) is 18.2 Å². The minimum absolute atomic E-state index is 0.000692. The van der Waals surface area contributed by atoms with Crippen LogP contribution in [-0.2, 0) is 0 Å². The summed E-state index contributed by atoms with van der Waals surface area (Å²) >= 11 is 5.56. The number of nitrogens with one attached hydrogen (secondary N) is 1. The fourth-order valence-electron chi connectivity index (χ4n) is 2.39. The van der Waals surface area contributed by atoms with E-state index in [9.17, 15) is 14.3 Å². The molecule has 1 fully saturated rings. The second-order valence-corrected chi connectivity index (χ2v) is 5.36. The third-order valence-electron chi connectivity index (χ3n) is 3.58. The van der Waals surface area contributed by atoms with Crippen molar-refractivity contribution in [2.75, 3.05) is 6.54 Å². The number of carbonyl (C=O) groups excluding carboxylic acids is 1. The minimum atomic E-state index is -0.605. The first-order valence-corrected chi connectivity index (χ1v) is 6.87. The molecule has 2 N–H and O–H groups in total. The molecule has 5 heteroatoms. The highest BCUT2D eigenvalue weighted by atomic mass is 35.5. The number of amides is 1. The molecule has 1 aromatic carbocycles. The first-order chi connectivity index (χ1) is 9.08. The van der Waals surface area contributed by atoms with E-state index < -0.39 is 5.82 Å². The van der Waals surface area contributed by atoms with Crippen LogP contribution in [0.25, 0.3) is 0 Å². The summed E-state index contributed by atoms with van der Waals surface area (Å²) in [6.07, 6.45) is 3.46. The van der Waals surface area contributed by atoms with Crippen LogP contribution in [-0.4, -0.2) is 23.7 Å². The van der Waals surface area contributed by atoms with Crippen molar-refractivity contribution in [3.8, 4) is 0 Å². The van der Waals surface area contributed by atoms with E-state index in [4.69, 9.17) is 11.6 Å². The summed E-state index contributed by atoms with van der Waals surface area (Å²) in [6, 6.07) is 3.97. The van der Waals surface area contributed by atoms with Gasteiger partial charge in [-0.25, -0.2) is 4.39 Å². The molecule has 0 radical (unpaired) electrons. The van der Waals surface area contributed by atoms with Gasteiger partial charge in [-0.15, -0.1) is 0 Å². The molecule has 2 rings (SSSR count). The molecule has 0 saturated heterocycles. The normalized spacial score (nSPS) is 23.1. The van der Waals surface area contributed by atoms with Gasteiger partial charge in [0.1, 0.15) is 5.82 Å². The van der Waals surface area contributed by atoms with E-state index in [1.807, 2.05) is 0 Å². The predicted molar refractivity (Wildman–Crippen MR) is 71.7 cm³/mol. The van der Waals surface area contributed by atoms with Crippen LogP contribution < -0.4 is 5.32 Å². The number of aliphatic hydroxyl groups excluding tert-OH is 1.